The summed E-state index contributed by atoms with van der Waals surface area (Å²) in [6.45, 7) is -1.80. The molecule has 0 aliphatic carbocycles. The van der Waals surface area contributed by atoms with Crippen LogP contribution in [-0.2, 0) is 13.6 Å². The standard InChI is InChI=1S/C3H6F3O4P/c1-9-11(7,8)10-2-3(4,5)6/h2H2,1H3,(H,7,8). The highest BCUT2D eigenvalue weighted by Crippen LogP contribution is 2.43. The molecule has 0 heterocycles. The monoisotopic (exact) mass is 194 g/mol. The summed E-state index contributed by atoms with van der Waals surface area (Å²) in [7, 11) is -3.71. The number of hydrogen-bond donors (Lipinski definition) is 1. The third-order valence-electron chi connectivity index (χ3n) is 0.622. The molecule has 8 heteroatoms. The zero-order chi connectivity index (χ0) is 9.12. The zero-order valence-electron chi connectivity index (χ0n) is 5.46. The molecule has 0 aromatic carbocycles. The molecule has 0 saturated heterocycles. The second-order valence-electron chi connectivity index (χ2n) is 1.54. The molecule has 4 nitrogen and oxygen atoms in total. The molecule has 0 radical (unpaired) electrons. The lowest BCUT2D eigenvalue weighted by molar-refractivity contribution is -0.157. The van der Waals surface area contributed by atoms with Gasteiger partial charge in [0.15, 0.2) is 6.61 Å². The number of alkyl halides is 3. The van der Waals surface area contributed by atoms with Crippen molar-refractivity contribution >= 4 is 7.82 Å². The highest BCUT2D eigenvalue weighted by molar-refractivity contribution is 7.47. The summed E-state index contributed by atoms with van der Waals surface area (Å²) in [4.78, 5) is 8.30. The summed E-state index contributed by atoms with van der Waals surface area (Å²) in [6.07, 6.45) is -4.63. The predicted octanol–water partition coefficient (Wildman–Crippen LogP) is 1.31. The van der Waals surface area contributed by atoms with Gasteiger partial charge >= 0.3 is 14.0 Å². The second-order valence-corrected chi connectivity index (χ2v) is 3.10. The van der Waals surface area contributed by atoms with E-state index in [0.29, 0.717) is 0 Å². The smallest absolute Gasteiger partial charge is 0.302 e. The van der Waals surface area contributed by atoms with Gasteiger partial charge in [0.1, 0.15) is 0 Å². The van der Waals surface area contributed by atoms with Crippen LogP contribution in [0.3, 0.4) is 0 Å². The van der Waals surface area contributed by atoms with E-state index in [0.717, 1.165) is 7.11 Å². The van der Waals surface area contributed by atoms with Crippen LogP contribution in [0.5, 0.6) is 0 Å². The molecule has 1 unspecified atom stereocenters. The first kappa shape index (κ1) is 10.9. The molecular formula is C3H6F3O4P. The molecule has 0 fully saturated rings. The van der Waals surface area contributed by atoms with E-state index in [4.69, 9.17) is 4.89 Å². The van der Waals surface area contributed by atoms with Crippen molar-refractivity contribution in [1.82, 2.24) is 0 Å². The van der Waals surface area contributed by atoms with Gasteiger partial charge in [0.25, 0.3) is 0 Å². The Labute approximate surface area is 60.5 Å². The molecule has 68 valence electrons. The number of phosphoric ester groups is 1. The van der Waals surface area contributed by atoms with Crippen LogP contribution in [0.1, 0.15) is 0 Å². The minimum atomic E-state index is -4.63. The maximum Gasteiger partial charge on any atom is 0.472 e. The Kier molecular flexibility index (Phi) is 3.50. The highest BCUT2D eigenvalue weighted by atomic mass is 31.2. The maximum atomic E-state index is 11.3. The van der Waals surface area contributed by atoms with Crippen molar-refractivity contribution in [3.63, 3.8) is 0 Å². The quantitative estimate of drug-likeness (QED) is 0.688. The number of phosphoric acid groups is 1. The highest BCUT2D eigenvalue weighted by Gasteiger charge is 2.32. The first-order chi connectivity index (χ1) is 4.77. The number of rotatable bonds is 3. The van der Waals surface area contributed by atoms with Crippen molar-refractivity contribution in [2.45, 2.75) is 6.18 Å². The van der Waals surface area contributed by atoms with Crippen molar-refractivity contribution in [3.8, 4) is 0 Å². The average molecular weight is 194 g/mol. The maximum absolute atomic E-state index is 11.3. The first-order valence-corrected chi connectivity index (χ1v) is 3.86. The Bertz CT molecular complexity index is 166. The van der Waals surface area contributed by atoms with E-state index in [-0.39, 0.29) is 0 Å². The van der Waals surface area contributed by atoms with Crippen LogP contribution in [-0.4, -0.2) is 24.8 Å². The number of hydrogen-bond acceptors (Lipinski definition) is 3. The summed E-state index contributed by atoms with van der Waals surface area (Å²) in [5.74, 6) is 0. The molecule has 0 aromatic heterocycles. The van der Waals surface area contributed by atoms with Crippen molar-refractivity contribution < 1.29 is 31.7 Å². The Balaban J connectivity index is 3.80. The molecule has 0 spiro atoms. The fraction of sp³-hybridized carbons (Fsp3) is 1.00. The summed E-state index contributed by atoms with van der Waals surface area (Å²) in [6, 6.07) is 0. The van der Waals surface area contributed by atoms with Crippen molar-refractivity contribution in [2.75, 3.05) is 13.7 Å². The summed E-state index contributed by atoms with van der Waals surface area (Å²) < 4.78 is 51.4. The van der Waals surface area contributed by atoms with Crippen LogP contribution < -0.4 is 0 Å². The molecule has 0 bridgehead atoms. The van der Waals surface area contributed by atoms with Gasteiger partial charge in [-0.15, -0.1) is 0 Å². The van der Waals surface area contributed by atoms with Crippen LogP contribution in [0, 0.1) is 0 Å². The third-order valence-corrected chi connectivity index (χ3v) is 1.54. The Morgan fingerprint density at radius 2 is 2.00 bits per heavy atom. The van der Waals surface area contributed by atoms with Gasteiger partial charge in [0, 0.05) is 7.11 Å². The van der Waals surface area contributed by atoms with Gasteiger partial charge in [-0.05, 0) is 0 Å². The van der Waals surface area contributed by atoms with Crippen LogP contribution in [0.2, 0.25) is 0 Å². The summed E-state index contributed by atoms with van der Waals surface area (Å²) in [5.41, 5.74) is 0. The van der Waals surface area contributed by atoms with Crippen molar-refractivity contribution in [1.29, 1.82) is 0 Å². The zero-order valence-corrected chi connectivity index (χ0v) is 6.35. The minimum Gasteiger partial charge on any atom is -0.302 e. The largest absolute Gasteiger partial charge is 0.472 e. The molecule has 0 amide bonds. The van der Waals surface area contributed by atoms with Gasteiger partial charge in [-0.3, -0.25) is 9.05 Å². The molecule has 0 aliphatic heterocycles. The summed E-state index contributed by atoms with van der Waals surface area (Å²) in [5, 5.41) is 0. The van der Waals surface area contributed by atoms with E-state index in [1.165, 1.54) is 0 Å². The predicted molar refractivity (Wildman–Crippen MR) is 28.8 cm³/mol. The molecule has 0 saturated carbocycles. The van der Waals surface area contributed by atoms with E-state index >= 15 is 0 Å². The SMILES string of the molecule is COP(=O)(O)OCC(F)(F)F. The van der Waals surface area contributed by atoms with Gasteiger partial charge in [0.05, 0.1) is 0 Å². The molecule has 0 aliphatic rings. The molecule has 1 N–H and O–H groups in total. The Hall–Kier alpha value is -0.100. The lowest BCUT2D eigenvalue weighted by Gasteiger charge is -2.10. The normalized spacial score (nSPS) is 17.9. The Morgan fingerprint density at radius 1 is 1.55 bits per heavy atom. The van der Waals surface area contributed by atoms with E-state index in [9.17, 15) is 17.7 Å². The third kappa shape index (κ3) is 6.30. The van der Waals surface area contributed by atoms with Crippen LogP contribution in [0.25, 0.3) is 0 Å². The Morgan fingerprint density at radius 3 is 2.27 bits per heavy atom. The van der Waals surface area contributed by atoms with Crippen LogP contribution in [0.15, 0.2) is 0 Å². The van der Waals surface area contributed by atoms with Gasteiger partial charge in [-0.2, -0.15) is 13.2 Å². The van der Waals surface area contributed by atoms with E-state index in [1.807, 2.05) is 0 Å². The molecule has 0 aromatic rings. The fourth-order valence-corrected chi connectivity index (χ4v) is 0.622. The lowest BCUT2D eigenvalue weighted by Crippen LogP contribution is -2.16. The molecule has 1 atom stereocenters. The topological polar surface area (TPSA) is 55.8 Å². The molecule has 11 heavy (non-hydrogen) atoms. The van der Waals surface area contributed by atoms with Crippen LogP contribution >= 0.6 is 7.82 Å². The number of halogens is 3. The van der Waals surface area contributed by atoms with Gasteiger partial charge in [-0.1, -0.05) is 0 Å². The average Bonchev–Trinajstić information content (AvgIpc) is 1.83. The summed E-state index contributed by atoms with van der Waals surface area (Å²) >= 11 is 0. The van der Waals surface area contributed by atoms with E-state index in [1.54, 1.807) is 0 Å². The molecule has 0 rings (SSSR count). The van der Waals surface area contributed by atoms with Crippen molar-refractivity contribution in [2.24, 2.45) is 0 Å². The van der Waals surface area contributed by atoms with E-state index in [2.05, 4.69) is 9.05 Å². The van der Waals surface area contributed by atoms with Crippen LogP contribution in [0.4, 0.5) is 13.2 Å². The fourth-order valence-electron chi connectivity index (χ4n) is 0.207. The van der Waals surface area contributed by atoms with Gasteiger partial charge < -0.3 is 4.89 Å². The minimum absolute atomic E-state index is 0.775. The van der Waals surface area contributed by atoms with Gasteiger partial charge in [-0.25, -0.2) is 4.57 Å². The van der Waals surface area contributed by atoms with Crippen molar-refractivity contribution in [3.05, 3.63) is 0 Å². The second kappa shape index (κ2) is 3.53. The molecular weight excluding hydrogens is 188 g/mol. The first-order valence-electron chi connectivity index (χ1n) is 2.37. The van der Waals surface area contributed by atoms with Gasteiger partial charge in [0.2, 0.25) is 0 Å². The lowest BCUT2D eigenvalue weighted by atomic mass is 10.7. The van der Waals surface area contributed by atoms with E-state index < -0.39 is 20.6 Å².